The highest BCUT2D eigenvalue weighted by Gasteiger charge is 2.17. The minimum atomic E-state index is -0.371. The molecule has 0 aliphatic heterocycles. The molecule has 0 aliphatic rings. The molecule has 4 rings (SSSR count). The molecule has 1 amide bonds. The molecule has 2 heterocycles. The largest absolute Gasteiger partial charge is 0.355 e. The third kappa shape index (κ3) is 3.00. The van der Waals surface area contributed by atoms with Gasteiger partial charge in [-0.3, -0.25) is 10.1 Å². The van der Waals surface area contributed by atoms with Crippen molar-refractivity contribution in [1.82, 2.24) is 14.7 Å². The molecule has 0 unspecified atom stereocenters. The number of nitrogens with zero attached hydrogens (tertiary/aromatic N) is 3. The second-order valence-corrected chi connectivity index (χ2v) is 5.79. The fourth-order valence-electron chi connectivity index (χ4n) is 2.69. The average Bonchev–Trinajstić information content (AvgIpc) is 3.31. The van der Waals surface area contributed by atoms with Gasteiger partial charge in [-0.2, -0.15) is 0 Å². The fraction of sp³-hybridized carbons (Fsp3) is 0.0500. The van der Waals surface area contributed by atoms with Crippen molar-refractivity contribution in [2.24, 2.45) is 7.05 Å². The summed E-state index contributed by atoms with van der Waals surface area (Å²) in [4.78, 5) is 16.8. The van der Waals surface area contributed by atoms with Crippen molar-refractivity contribution in [3.05, 3.63) is 78.6 Å². The van der Waals surface area contributed by atoms with E-state index in [4.69, 9.17) is 4.52 Å². The van der Waals surface area contributed by atoms with E-state index >= 15 is 0 Å². The molecule has 0 aliphatic carbocycles. The highest BCUT2D eigenvalue weighted by atomic mass is 16.5. The van der Waals surface area contributed by atoms with Gasteiger partial charge in [0.25, 0.3) is 5.91 Å². The molecule has 6 heteroatoms. The molecule has 0 atom stereocenters. The number of benzene rings is 2. The van der Waals surface area contributed by atoms with E-state index in [2.05, 4.69) is 15.5 Å². The first-order valence-corrected chi connectivity index (χ1v) is 8.13. The zero-order valence-electron chi connectivity index (χ0n) is 14.1. The van der Waals surface area contributed by atoms with Crippen molar-refractivity contribution in [2.75, 3.05) is 5.32 Å². The number of carbonyl (C=O) groups excluding carboxylic acids is 1. The molecular formula is C20H16N4O2. The van der Waals surface area contributed by atoms with Crippen molar-refractivity contribution in [3.8, 4) is 22.6 Å². The van der Waals surface area contributed by atoms with Gasteiger partial charge in [-0.25, -0.2) is 4.98 Å². The summed E-state index contributed by atoms with van der Waals surface area (Å²) in [5.74, 6) is 0.614. The number of carbonyl (C=O) groups is 1. The molecule has 0 saturated heterocycles. The molecule has 0 fully saturated rings. The van der Waals surface area contributed by atoms with Crippen molar-refractivity contribution < 1.29 is 9.32 Å². The van der Waals surface area contributed by atoms with Gasteiger partial charge in [0, 0.05) is 18.7 Å². The summed E-state index contributed by atoms with van der Waals surface area (Å²) in [5.41, 5.74) is 3.00. The predicted octanol–water partition coefficient (Wildman–Crippen LogP) is 3.99. The van der Waals surface area contributed by atoms with Gasteiger partial charge >= 0.3 is 0 Å². The van der Waals surface area contributed by atoms with Gasteiger partial charge in [0.05, 0.1) is 11.9 Å². The Morgan fingerprint density at radius 3 is 2.35 bits per heavy atom. The van der Waals surface area contributed by atoms with Gasteiger partial charge in [-0.15, -0.1) is 0 Å². The van der Waals surface area contributed by atoms with E-state index in [-0.39, 0.29) is 11.6 Å². The second-order valence-electron chi connectivity index (χ2n) is 5.79. The second kappa shape index (κ2) is 6.68. The van der Waals surface area contributed by atoms with E-state index in [0.29, 0.717) is 11.7 Å². The zero-order valence-corrected chi connectivity index (χ0v) is 14.1. The van der Waals surface area contributed by atoms with Crippen LogP contribution in [-0.2, 0) is 7.05 Å². The van der Waals surface area contributed by atoms with Gasteiger partial charge in [0.1, 0.15) is 0 Å². The topological polar surface area (TPSA) is 73.0 Å². The van der Waals surface area contributed by atoms with E-state index in [1.54, 1.807) is 12.3 Å². The third-order valence-electron chi connectivity index (χ3n) is 4.08. The Balaban J connectivity index is 1.54. The van der Waals surface area contributed by atoms with E-state index in [1.165, 1.54) is 0 Å². The molecule has 26 heavy (non-hydrogen) atoms. The van der Waals surface area contributed by atoms with Crippen LogP contribution in [0.1, 0.15) is 10.5 Å². The summed E-state index contributed by atoms with van der Waals surface area (Å²) in [6, 6.07) is 21.0. The Bertz CT molecular complexity index is 1040. The number of amides is 1. The molecule has 0 saturated carbocycles. The molecule has 2 aromatic carbocycles. The van der Waals surface area contributed by atoms with Crippen molar-refractivity contribution in [3.63, 3.8) is 0 Å². The minimum Gasteiger partial charge on any atom is -0.355 e. The Kier molecular flexibility index (Phi) is 4.07. The number of hydrogen-bond acceptors (Lipinski definition) is 4. The first-order chi connectivity index (χ1) is 12.7. The smallest absolute Gasteiger partial charge is 0.280 e. The minimum absolute atomic E-state index is 0.202. The summed E-state index contributed by atoms with van der Waals surface area (Å²) in [6.45, 7) is 0. The maximum absolute atomic E-state index is 12.5. The van der Waals surface area contributed by atoms with Crippen LogP contribution in [-0.4, -0.2) is 20.6 Å². The Morgan fingerprint density at radius 2 is 1.65 bits per heavy atom. The molecule has 128 valence electrons. The van der Waals surface area contributed by atoms with Crippen LogP contribution in [0.15, 0.2) is 77.4 Å². The monoisotopic (exact) mass is 344 g/mol. The van der Waals surface area contributed by atoms with Gasteiger partial charge in [0.15, 0.2) is 11.5 Å². The molecule has 0 radical (unpaired) electrons. The van der Waals surface area contributed by atoms with E-state index in [1.807, 2.05) is 72.3 Å². The first-order valence-electron chi connectivity index (χ1n) is 8.13. The number of rotatable bonds is 4. The lowest BCUT2D eigenvalue weighted by atomic mass is 10.1. The standard InChI is InChI=1S/C20H16N4O2/c1-24-17(14-8-4-2-5-9-14)13-21-20(24)22-19(25)16-12-18(26-23-16)15-10-6-3-7-11-15/h2-13H,1H3,(H,21,22,25). The normalized spacial score (nSPS) is 10.7. The SMILES string of the molecule is Cn1c(-c2ccccc2)cnc1NC(=O)c1cc(-c2ccccc2)on1. The molecule has 1 N–H and O–H groups in total. The molecule has 4 aromatic rings. The van der Waals surface area contributed by atoms with Crippen molar-refractivity contribution >= 4 is 11.9 Å². The molecule has 0 bridgehead atoms. The van der Waals surface area contributed by atoms with Crippen molar-refractivity contribution in [2.45, 2.75) is 0 Å². The predicted molar refractivity (Wildman–Crippen MR) is 98.5 cm³/mol. The summed E-state index contributed by atoms with van der Waals surface area (Å²) in [5, 5.41) is 6.63. The maximum atomic E-state index is 12.5. The van der Waals surface area contributed by atoms with E-state index in [0.717, 1.165) is 16.8 Å². The number of imidazole rings is 1. The van der Waals surface area contributed by atoms with Crippen LogP contribution in [0.5, 0.6) is 0 Å². The van der Waals surface area contributed by atoms with E-state index < -0.39 is 0 Å². The molecule has 6 nitrogen and oxygen atoms in total. The summed E-state index contributed by atoms with van der Waals surface area (Å²) in [7, 11) is 1.85. The lowest BCUT2D eigenvalue weighted by Gasteiger charge is -2.06. The van der Waals surface area contributed by atoms with Crippen LogP contribution in [0, 0.1) is 0 Å². The van der Waals surface area contributed by atoms with Crippen LogP contribution in [0.3, 0.4) is 0 Å². The van der Waals surface area contributed by atoms with E-state index in [9.17, 15) is 4.79 Å². The van der Waals surface area contributed by atoms with Crippen LogP contribution >= 0.6 is 0 Å². The Labute approximate surface area is 150 Å². The summed E-state index contributed by atoms with van der Waals surface area (Å²) in [6.07, 6.45) is 1.73. The average molecular weight is 344 g/mol. The summed E-state index contributed by atoms with van der Waals surface area (Å²) < 4.78 is 7.10. The maximum Gasteiger partial charge on any atom is 0.280 e. The van der Waals surface area contributed by atoms with Crippen LogP contribution in [0.4, 0.5) is 5.95 Å². The highest BCUT2D eigenvalue weighted by Crippen LogP contribution is 2.23. The van der Waals surface area contributed by atoms with Gasteiger partial charge in [-0.1, -0.05) is 65.8 Å². The fourth-order valence-corrected chi connectivity index (χ4v) is 2.69. The van der Waals surface area contributed by atoms with Gasteiger partial charge in [-0.05, 0) is 5.56 Å². The summed E-state index contributed by atoms with van der Waals surface area (Å²) >= 11 is 0. The number of hydrogen-bond donors (Lipinski definition) is 1. The number of nitrogens with one attached hydrogen (secondary N) is 1. The molecule has 0 spiro atoms. The first kappa shape index (κ1) is 15.8. The van der Waals surface area contributed by atoms with Crippen LogP contribution in [0.2, 0.25) is 0 Å². The number of aromatic nitrogens is 3. The quantitative estimate of drug-likeness (QED) is 0.607. The Hall–Kier alpha value is -3.67. The lowest BCUT2D eigenvalue weighted by molar-refractivity contribution is 0.101. The van der Waals surface area contributed by atoms with Gasteiger partial charge in [0.2, 0.25) is 5.95 Å². The van der Waals surface area contributed by atoms with Crippen LogP contribution in [0.25, 0.3) is 22.6 Å². The van der Waals surface area contributed by atoms with Crippen LogP contribution < -0.4 is 5.32 Å². The Morgan fingerprint density at radius 1 is 1.00 bits per heavy atom. The zero-order chi connectivity index (χ0) is 17.9. The number of anilines is 1. The third-order valence-corrected chi connectivity index (χ3v) is 4.08. The molecule has 2 aromatic heterocycles. The lowest BCUT2D eigenvalue weighted by Crippen LogP contribution is -2.15. The van der Waals surface area contributed by atoms with Crippen molar-refractivity contribution in [1.29, 1.82) is 0 Å². The van der Waals surface area contributed by atoms with Gasteiger partial charge < -0.3 is 9.09 Å². The highest BCUT2D eigenvalue weighted by molar-refractivity contribution is 6.02. The molecular weight excluding hydrogens is 328 g/mol.